The van der Waals surface area contributed by atoms with E-state index in [1.807, 2.05) is 30.3 Å². The van der Waals surface area contributed by atoms with Gasteiger partial charge in [-0.3, -0.25) is 0 Å². The van der Waals surface area contributed by atoms with Gasteiger partial charge in [-0.2, -0.15) is 0 Å². The van der Waals surface area contributed by atoms with Gasteiger partial charge in [0.15, 0.2) is 6.10 Å². The molecule has 0 radical (unpaired) electrons. The number of rotatable bonds is 13. The van der Waals surface area contributed by atoms with E-state index in [9.17, 15) is 9.59 Å². The fraction of sp³-hybridized carbons (Fsp3) is 0.158. The molecule has 0 heterocycles. The van der Waals surface area contributed by atoms with E-state index in [1.54, 1.807) is 6.92 Å². The van der Waals surface area contributed by atoms with Crippen LogP contribution in [-0.4, -0.2) is 31.3 Å². The first-order valence-electron chi connectivity index (χ1n) is 14.3. The molecule has 6 heteroatoms. The van der Waals surface area contributed by atoms with E-state index in [-0.39, 0.29) is 18.8 Å². The molecule has 0 fully saturated rings. The van der Waals surface area contributed by atoms with E-state index >= 15 is 0 Å². The molecule has 0 amide bonds. The van der Waals surface area contributed by atoms with Gasteiger partial charge in [-0.15, -0.1) is 0 Å². The van der Waals surface area contributed by atoms with Crippen molar-refractivity contribution in [2.75, 3.05) is 18.1 Å². The summed E-state index contributed by atoms with van der Waals surface area (Å²) in [6, 6.07) is 33.0. The molecule has 0 N–H and O–H groups in total. The first-order valence-corrected chi connectivity index (χ1v) is 14.3. The zero-order chi connectivity index (χ0) is 31.5. The van der Waals surface area contributed by atoms with Crippen molar-refractivity contribution in [3.63, 3.8) is 0 Å². The molecule has 0 saturated heterocycles. The van der Waals surface area contributed by atoms with Gasteiger partial charge < -0.3 is 19.1 Å². The number of hydrogen-bond donors (Lipinski definition) is 0. The fourth-order valence-corrected chi connectivity index (χ4v) is 4.25. The van der Waals surface area contributed by atoms with Crippen molar-refractivity contribution in [1.29, 1.82) is 0 Å². The summed E-state index contributed by atoms with van der Waals surface area (Å²) in [7, 11) is 0. The first-order chi connectivity index (χ1) is 21.2. The molecule has 4 aromatic carbocycles. The fourth-order valence-electron chi connectivity index (χ4n) is 4.25. The Labute approximate surface area is 259 Å². The minimum atomic E-state index is -0.792. The molecule has 1 atom stereocenters. The summed E-state index contributed by atoms with van der Waals surface area (Å²) in [4.78, 5) is 25.7. The average molecular weight is 588 g/mol. The van der Waals surface area contributed by atoms with E-state index in [0.717, 1.165) is 34.3 Å². The summed E-state index contributed by atoms with van der Waals surface area (Å²) in [5.74, 6) is -0.605. The Morgan fingerprint density at radius 1 is 0.727 bits per heavy atom. The Hall–Kier alpha value is -5.36. The Bertz CT molecular complexity index is 1560. The predicted octanol–water partition coefficient (Wildman–Crippen LogP) is 8.54. The van der Waals surface area contributed by atoms with Crippen LogP contribution in [0.3, 0.4) is 0 Å². The molecule has 0 bridgehead atoms. The smallest absolute Gasteiger partial charge is 0.333 e. The predicted molar refractivity (Wildman–Crippen MR) is 177 cm³/mol. The number of carbonyl (C=O) groups is 2. The lowest BCUT2D eigenvalue weighted by atomic mass is 10.1. The van der Waals surface area contributed by atoms with Crippen LogP contribution in [0.25, 0.3) is 12.2 Å². The lowest BCUT2D eigenvalue weighted by Crippen LogP contribution is -2.30. The lowest BCUT2D eigenvalue weighted by molar-refractivity contribution is -0.154. The highest BCUT2D eigenvalue weighted by molar-refractivity contribution is 5.87. The van der Waals surface area contributed by atoms with Crippen molar-refractivity contribution in [3.8, 4) is 5.75 Å². The molecule has 0 spiro atoms. The van der Waals surface area contributed by atoms with Crippen molar-refractivity contribution in [1.82, 2.24) is 0 Å². The molecule has 224 valence electrons. The zero-order valence-electron chi connectivity index (χ0n) is 25.4. The molecule has 6 nitrogen and oxygen atoms in total. The van der Waals surface area contributed by atoms with Crippen LogP contribution in [0.1, 0.15) is 29.2 Å². The second-order valence-corrected chi connectivity index (χ2v) is 10.5. The van der Waals surface area contributed by atoms with Crippen LogP contribution in [-0.2, 0) is 19.1 Å². The van der Waals surface area contributed by atoms with Crippen LogP contribution >= 0.6 is 0 Å². The number of aryl methyl sites for hydroxylation is 2. The van der Waals surface area contributed by atoms with Crippen LogP contribution in [0.4, 0.5) is 17.1 Å². The first kappa shape index (κ1) is 31.6. The molecule has 0 aliphatic carbocycles. The summed E-state index contributed by atoms with van der Waals surface area (Å²) < 4.78 is 16.2. The molecule has 0 aliphatic heterocycles. The van der Waals surface area contributed by atoms with E-state index < -0.39 is 18.0 Å². The SMILES string of the molecule is C=CC(=O)OC(COC(=O)C(=C)C)COc1ccc(C=Cc2ccc(N(c3ccc(C)cc3)c3ccc(C)cc3)cc2)cc1. The van der Waals surface area contributed by atoms with Crippen molar-refractivity contribution in [2.45, 2.75) is 26.9 Å². The summed E-state index contributed by atoms with van der Waals surface area (Å²) in [6.45, 7) is 12.5. The van der Waals surface area contributed by atoms with Gasteiger partial charge in [-0.05, 0) is 80.4 Å². The summed E-state index contributed by atoms with van der Waals surface area (Å²) >= 11 is 0. The zero-order valence-corrected chi connectivity index (χ0v) is 25.4. The van der Waals surface area contributed by atoms with Gasteiger partial charge in [0, 0.05) is 28.7 Å². The number of nitrogens with zero attached hydrogens (tertiary/aromatic N) is 1. The van der Waals surface area contributed by atoms with Crippen LogP contribution < -0.4 is 9.64 Å². The Balaban J connectivity index is 1.40. The second-order valence-electron chi connectivity index (χ2n) is 10.5. The number of benzene rings is 4. The molecule has 1 unspecified atom stereocenters. The van der Waals surface area contributed by atoms with Crippen molar-refractivity contribution in [2.24, 2.45) is 0 Å². The van der Waals surface area contributed by atoms with Crippen LogP contribution in [0.15, 0.2) is 122 Å². The van der Waals surface area contributed by atoms with E-state index in [4.69, 9.17) is 14.2 Å². The van der Waals surface area contributed by atoms with Gasteiger partial charge in [-0.1, -0.05) is 85.0 Å². The maximum absolute atomic E-state index is 11.7. The number of anilines is 3. The third-order valence-corrected chi connectivity index (χ3v) is 6.72. The minimum Gasteiger partial charge on any atom is -0.490 e. The third kappa shape index (κ3) is 9.07. The molecule has 0 aromatic heterocycles. The second kappa shape index (κ2) is 15.2. The largest absolute Gasteiger partial charge is 0.490 e. The van der Waals surface area contributed by atoms with Gasteiger partial charge >= 0.3 is 11.9 Å². The number of hydrogen-bond acceptors (Lipinski definition) is 6. The van der Waals surface area contributed by atoms with E-state index in [2.05, 4.69) is 111 Å². The normalized spacial score (nSPS) is 11.4. The summed E-state index contributed by atoms with van der Waals surface area (Å²) in [6.07, 6.45) is 4.34. The van der Waals surface area contributed by atoms with Gasteiger partial charge in [0.2, 0.25) is 0 Å². The molecule has 0 saturated carbocycles. The highest BCUT2D eigenvalue weighted by Crippen LogP contribution is 2.35. The number of carbonyl (C=O) groups excluding carboxylic acids is 2. The number of esters is 2. The summed E-state index contributed by atoms with van der Waals surface area (Å²) in [5.41, 5.74) is 8.03. The number of ether oxygens (including phenoxy) is 3. The standard InChI is InChI=1S/C38H37NO5/c1-6-37(40)44-36(26-43-38(41)27(2)3)25-42-35-23-15-31(16-24-35)12-11-30-13-21-34(22-14-30)39(32-17-7-28(4)8-18-32)33-19-9-29(5)10-20-33/h6-24,36H,1-2,25-26H2,3-5H3. The topological polar surface area (TPSA) is 65.1 Å². The monoisotopic (exact) mass is 587 g/mol. The van der Waals surface area contributed by atoms with Crippen molar-refractivity contribution < 1.29 is 23.8 Å². The molecular formula is C38H37NO5. The van der Waals surface area contributed by atoms with Crippen molar-refractivity contribution in [3.05, 3.63) is 144 Å². The molecule has 0 aliphatic rings. The highest BCUT2D eigenvalue weighted by Gasteiger charge is 2.17. The maximum atomic E-state index is 11.7. The van der Waals surface area contributed by atoms with Gasteiger partial charge in [-0.25, -0.2) is 9.59 Å². The maximum Gasteiger partial charge on any atom is 0.333 e. The van der Waals surface area contributed by atoms with E-state index in [0.29, 0.717) is 5.75 Å². The minimum absolute atomic E-state index is 0.00673. The van der Waals surface area contributed by atoms with Gasteiger partial charge in [0.05, 0.1) is 0 Å². The lowest BCUT2D eigenvalue weighted by Gasteiger charge is -2.25. The highest BCUT2D eigenvalue weighted by atomic mass is 16.6. The van der Waals surface area contributed by atoms with Crippen LogP contribution in [0, 0.1) is 13.8 Å². The Morgan fingerprint density at radius 2 is 1.18 bits per heavy atom. The van der Waals surface area contributed by atoms with Crippen molar-refractivity contribution >= 4 is 41.2 Å². The van der Waals surface area contributed by atoms with Crippen LogP contribution in [0.5, 0.6) is 5.75 Å². The average Bonchev–Trinajstić information content (AvgIpc) is 3.04. The molecule has 4 aromatic rings. The molecular weight excluding hydrogens is 550 g/mol. The Kier molecular flexibility index (Phi) is 10.9. The Morgan fingerprint density at radius 3 is 1.64 bits per heavy atom. The molecule has 4 rings (SSSR count). The van der Waals surface area contributed by atoms with Crippen LogP contribution in [0.2, 0.25) is 0 Å². The van der Waals surface area contributed by atoms with Gasteiger partial charge in [0.25, 0.3) is 0 Å². The van der Waals surface area contributed by atoms with Gasteiger partial charge in [0.1, 0.15) is 19.0 Å². The third-order valence-electron chi connectivity index (χ3n) is 6.72. The van der Waals surface area contributed by atoms with E-state index in [1.165, 1.54) is 11.1 Å². The molecule has 44 heavy (non-hydrogen) atoms. The summed E-state index contributed by atoms with van der Waals surface area (Å²) in [5, 5.41) is 0. The quantitative estimate of drug-likeness (QED) is 0.0887.